The van der Waals surface area contributed by atoms with E-state index in [4.69, 9.17) is 11.1 Å². The molecular weight excluding hydrogens is 254 g/mol. The third-order valence-corrected chi connectivity index (χ3v) is 3.79. The van der Waals surface area contributed by atoms with Gasteiger partial charge < -0.3 is 20.8 Å². The molecule has 1 fully saturated rings. The van der Waals surface area contributed by atoms with Crippen LogP contribution in [0.5, 0.6) is 0 Å². The van der Waals surface area contributed by atoms with Gasteiger partial charge in [-0.15, -0.1) is 0 Å². The fourth-order valence-electron chi connectivity index (χ4n) is 2.76. The summed E-state index contributed by atoms with van der Waals surface area (Å²) in [6.07, 6.45) is -1.44. The van der Waals surface area contributed by atoms with Crippen LogP contribution in [0.3, 0.4) is 0 Å². The van der Waals surface area contributed by atoms with E-state index in [1.54, 1.807) is 0 Å². The van der Waals surface area contributed by atoms with E-state index in [0.29, 0.717) is 18.7 Å². The topological polar surface area (TPSA) is 93.6 Å². The molecule has 5 N–H and O–H groups in total. The molecule has 2 aromatic rings. The molecule has 0 aromatic heterocycles. The number of nitrogens with zero attached hydrogens (tertiary/aromatic N) is 1. The molecule has 0 radical (unpaired) electrons. The second-order valence-electron chi connectivity index (χ2n) is 5.13. The number of hydrogen-bond donors (Lipinski definition) is 4. The molecule has 0 amide bonds. The predicted molar refractivity (Wildman–Crippen MR) is 79.2 cm³/mol. The standard InChI is InChI=1S/C15H17N3O2/c16-15(17)11-5-6-12(10-4-2-1-3-9(10)11)18-7-13(19)14(20)8-18/h1-6,13-14,19-20H,7-8H2,(H3,16,17). The van der Waals surface area contributed by atoms with Gasteiger partial charge in [0.15, 0.2) is 0 Å². The van der Waals surface area contributed by atoms with Crippen LogP contribution in [-0.4, -0.2) is 41.3 Å². The van der Waals surface area contributed by atoms with Gasteiger partial charge in [0.05, 0.1) is 12.2 Å². The lowest BCUT2D eigenvalue weighted by molar-refractivity contribution is 0.0572. The van der Waals surface area contributed by atoms with Crippen molar-refractivity contribution in [1.82, 2.24) is 0 Å². The molecular formula is C15H17N3O2. The van der Waals surface area contributed by atoms with E-state index in [1.165, 1.54) is 0 Å². The van der Waals surface area contributed by atoms with E-state index >= 15 is 0 Å². The molecule has 3 rings (SSSR count). The number of nitrogens with one attached hydrogen (secondary N) is 1. The maximum atomic E-state index is 9.70. The zero-order chi connectivity index (χ0) is 14.3. The van der Waals surface area contributed by atoms with Gasteiger partial charge in [-0.1, -0.05) is 24.3 Å². The average molecular weight is 271 g/mol. The van der Waals surface area contributed by atoms with Crippen LogP contribution in [0, 0.1) is 5.41 Å². The summed E-state index contributed by atoms with van der Waals surface area (Å²) in [5.74, 6) is 0.0363. The molecule has 104 valence electrons. The monoisotopic (exact) mass is 271 g/mol. The normalized spacial score (nSPS) is 22.4. The van der Waals surface area contributed by atoms with E-state index in [2.05, 4.69) is 0 Å². The van der Waals surface area contributed by atoms with Gasteiger partial charge in [-0.3, -0.25) is 5.41 Å². The lowest BCUT2D eigenvalue weighted by Gasteiger charge is -2.21. The largest absolute Gasteiger partial charge is 0.389 e. The van der Waals surface area contributed by atoms with Crippen molar-refractivity contribution in [2.75, 3.05) is 18.0 Å². The minimum Gasteiger partial charge on any atom is -0.389 e. The number of nitrogen functional groups attached to an aromatic ring is 1. The lowest BCUT2D eigenvalue weighted by Crippen LogP contribution is -2.22. The van der Waals surface area contributed by atoms with Crippen molar-refractivity contribution in [1.29, 1.82) is 5.41 Å². The number of fused-ring (bicyclic) bond motifs is 1. The van der Waals surface area contributed by atoms with Crippen molar-refractivity contribution < 1.29 is 10.2 Å². The van der Waals surface area contributed by atoms with Crippen LogP contribution in [0.25, 0.3) is 10.8 Å². The summed E-state index contributed by atoms with van der Waals surface area (Å²) in [7, 11) is 0. The summed E-state index contributed by atoms with van der Waals surface area (Å²) in [5.41, 5.74) is 7.26. The third-order valence-electron chi connectivity index (χ3n) is 3.79. The first-order valence-corrected chi connectivity index (χ1v) is 6.55. The highest BCUT2D eigenvalue weighted by molar-refractivity contribution is 6.10. The fraction of sp³-hybridized carbons (Fsp3) is 0.267. The summed E-state index contributed by atoms with van der Waals surface area (Å²) >= 11 is 0. The maximum Gasteiger partial charge on any atom is 0.123 e. The Balaban J connectivity index is 2.14. The van der Waals surface area contributed by atoms with Gasteiger partial charge in [-0.25, -0.2) is 0 Å². The van der Waals surface area contributed by atoms with E-state index in [0.717, 1.165) is 16.5 Å². The predicted octanol–water partition coefficient (Wildman–Crippen LogP) is 0.666. The van der Waals surface area contributed by atoms with E-state index in [-0.39, 0.29) is 5.84 Å². The zero-order valence-electron chi connectivity index (χ0n) is 11.0. The highest BCUT2D eigenvalue weighted by Gasteiger charge is 2.30. The average Bonchev–Trinajstić information content (AvgIpc) is 2.77. The number of benzene rings is 2. The minimum atomic E-state index is -0.721. The summed E-state index contributed by atoms with van der Waals surface area (Å²) in [4.78, 5) is 1.96. The van der Waals surface area contributed by atoms with Crippen molar-refractivity contribution in [2.24, 2.45) is 5.73 Å². The van der Waals surface area contributed by atoms with Gasteiger partial charge >= 0.3 is 0 Å². The Morgan fingerprint density at radius 3 is 2.25 bits per heavy atom. The van der Waals surface area contributed by atoms with Crippen molar-refractivity contribution in [3.05, 3.63) is 42.0 Å². The van der Waals surface area contributed by atoms with Crippen molar-refractivity contribution >= 4 is 22.3 Å². The van der Waals surface area contributed by atoms with Gasteiger partial charge in [0, 0.05) is 29.7 Å². The molecule has 0 saturated carbocycles. The van der Waals surface area contributed by atoms with Crippen LogP contribution in [0.15, 0.2) is 36.4 Å². The molecule has 1 saturated heterocycles. The molecule has 0 aliphatic carbocycles. The van der Waals surface area contributed by atoms with Gasteiger partial charge in [0.2, 0.25) is 0 Å². The number of anilines is 1. The molecule has 5 heteroatoms. The fourth-order valence-corrected chi connectivity index (χ4v) is 2.76. The van der Waals surface area contributed by atoms with E-state index in [9.17, 15) is 10.2 Å². The second-order valence-corrected chi connectivity index (χ2v) is 5.13. The van der Waals surface area contributed by atoms with E-state index < -0.39 is 12.2 Å². The van der Waals surface area contributed by atoms with Crippen LogP contribution >= 0.6 is 0 Å². The van der Waals surface area contributed by atoms with Crippen LogP contribution in [0.2, 0.25) is 0 Å². The minimum absolute atomic E-state index is 0.0363. The first kappa shape index (κ1) is 12.9. The van der Waals surface area contributed by atoms with Gasteiger partial charge in [-0.2, -0.15) is 0 Å². The second kappa shape index (κ2) is 4.77. The summed E-state index contributed by atoms with van der Waals surface area (Å²) in [6.45, 7) is 0.815. The summed E-state index contributed by atoms with van der Waals surface area (Å²) < 4.78 is 0. The van der Waals surface area contributed by atoms with Crippen LogP contribution < -0.4 is 10.6 Å². The lowest BCUT2D eigenvalue weighted by atomic mass is 10.0. The Labute approximate surface area is 116 Å². The molecule has 1 aliphatic heterocycles. The van der Waals surface area contributed by atoms with Crippen LogP contribution in [0.4, 0.5) is 5.69 Å². The molecule has 5 nitrogen and oxygen atoms in total. The Hall–Kier alpha value is -2.11. The molecule has 1 heterocycles. The molecule has 0 spiro atoms. The highest BCUT2D eigenvalue weighted by Crippen LogP contribution is 2.31. The quantitative estimate of drug-likeness (QED) is 0.477. The van der Waals surface area contributed by atoms with Crippen molar-refractivity contribution in [3.63, 3.8) is 0 Å². The number of β-amino-alcohol motifs (C(OH)–C–C–N with tert-alkyl or cyclic N) is 2. The SMILES string of the molecule is N=C(N)c1ccc(N2CC(O)C(O)C2)c2ccccc12. The van der Waals surface area contributed by atoms with Gasteiger partial charge in [0.25, 0.3) is 0 Å². The first-order chi connectivity index (χ1) is 9.58. The number of nitrogens with two attached hydrogens (primary N) is 1. The summed E-state index contributed by atoms with van der Waals surface area (Å²) in [6, 6.07) is 11.4. The molecule has 20 heavy (non-hydrogen) atoms. The number of amidine groups is 1. The Morgan fingerprint density at radius 1 is 1.05 bits per heavy atom. The van der Waals surface area contributed by atoms with Crippen LogP contribution in [-0.2, 0) is 0 Å². The Morgan fingerprint density at radius 2 is 1.65 bits per heavy atom. The smallest absolute Gasteiger partial charge is 0.123 e. The molecule has 2 aromatic carbocycles. The van der Waals surface area contributed by atoms with Crippen molar-refractivity contribution in [2.45, 2.75) is 12.2 Å². The number of aliphatic hydroxyl groups excluding tert-OH is 2. The Kier molecular flexibility index (Phi) is 3.08. The first-order valence-electron chi connectivity index (χ1n) is 6.55. The highest BCUT2D eigenvalue weighted by atomic mass is 16.3. The number of rotatable bonds is 2. The molecule has 0 bridgehead atoms. The molecule has 1 aliphatic rings. The van der Waals surface area contributed by atoms with Gasteiger partial charge in [0.1, 0.15) is 5.84 Å². The number of hydrogen-bond acceptors (Lipinski definition) is 4. The number of aliphatic hydroxyl groups is 2. The van der Waals surface area contributed by atoms with Crippen LogP contribution in [0.1, 0.15) is 5.56 Å². The van der Waals surface area contributed by atoms with Gasteiger partial charge in [-0.05, 0) is 17.5 Å². The molecule has 2 atom stereocenters. The zero-order valence-corrected chi connectivity index (χ0v) is 11.0. The Bertz CT molecular complexity index is 661. The maximum absolute atomic E-state index is 9.70. The summed E-state index contributed by atoms with van der Waals surface area (Å²) in [5, 5.41) is 28.9. The third kappa shape index (κ3) is 2.01. The van der Waals surface area contributed by atoms with Crippen molar-refractivity contribution in [3.8, 4) is 0 Å². The van der Waals surface area contributed by atoms with E-state index in [1.807, 2.05) is 41.3 Å². The molecule has 2 unspecified atom stereocenters.